The van der Waals surface area contributed by atoms with Crippen LogP contribution in [0.2, 0.25) is 0 Å². The monoisotopic (exact) mass is 303 g/mol. The van der Waals surface area contributed by atoms with E-state index in [0.717, 1.165) is 17.1 Å². The van der Waals surface area contributed by atoms with Crippen molar-refractivity contribution in [1.29, 1.82) is 0 Å². The molecule has 0 aliphatic rings. The van der Waals surface area contributed by atoms with E-state index in [1.807, 2.05) is 82.2 Å². The fraction of sp³-hybridized carbons (Fsp3) is 0.333. The van der Waals surface area contributed by atoms with Gasteiger partial charge in [0.15, 0.2) is 0 Å². The minimum absolute atomic E-state index is 0. The first-order valence-corrected chi connectivity index (χ1v) is 7.54. The molecule has 0 saturated heterocycles. The molecule has 4 heteroatoms. The lowest BCUT2D eigenvalue weighted by Gasteiger charge is -2.12. The average Bonchev–Trinajstić information content (AvgIpc) is 2.55. The molecule has 0 radical (unpaired) electrons. The molecule has 0 bridgehead atoms. The average molecular weight is 303 g/mol. The van der Waals surface area contributed by atoms with E-state index in [1.54, 1.807) is 0 Å². The van der Waals surface area contributed by atoms with Crippen molar-refractivity contribution in [2.24, 2.45) is 0 Å². The lowest BCUT2D eigenvalue weighted by Crippen LogP contribution is -2.23. The Labute approximate surface area is 136 Å². The van der Waals surface area contributed by atoms with Gasteiger partial charge in [0, 0.05) is 22.5 Å². The summed E-state index contributed by atoms with van der Waals surface area (Å²) in [7, 11) is 3.88. The number of nitrogens with zero attached hydrogens (tertiary/aromatic N) is 2. The Morgan fingerprint density at radius 1 is 1.14 bits per heavy atom. The highest BCUT2D eigenvalue weighted by Gasteiger charge is 2.05. The number of rotatable bonds is 4. The summed E-state index contributed by atoms with van der Waals surface area (Å²) in [6.07, 6.45) is 0. The van der Waals surface area contributed by atoms with Gasteiger partial charge in [-0.3, -0.25) is 4.79 Å². The number of amides is 1. The molecule has 1 aromatic carbocycles. The van der Waals surface area contributed by atoms with Crippen molar-refractivity contribution < 1.29 is 7.65 Å². The van der Waals surface area contributed by atoms with Gasteiger partial charge in [0.05, 0.1) is 12.2 Å². The van der Waals surface area contributed by atoms with Crippen LogP contribution in [0.5, 0.6) is 0 Å². The van der Waals surface area contributed by atoms with Crippen LogP contribution in [0.15, 0.2) is 42.5 Å². The van der Waals surface area contributed by atoms with Crippen LogP contribution < -0.4 is 10.2 Å². The summed E-state index contributed by atoms with van der Waals surface area (Å²) >= 11 is 0. The fourth-order valence-electron chi connectivity index (χ4n) is 1.79. The summed E-state index contributed by atoms with van der Waals surface area (Å²) in [5.74, 6) is 0.800. The highest BCUT2D eigenvalue weighted by atomic mass is 16.1. The summed E-state index contributed by atoms with van der Waals surface area (Å²) in [5.41, 5.74) is 2.65. The van der Waals surface area contributed by atoms with Crippen molar-refractivity contribution in [3.05, 3.63) is 59.3 Å². The van der Waals surface area contributed by atoms with Gasteiger partial charge in [-0.05, 0) is 31.2 Å². The third-order valence-corrected chi connectivity index (χ3v) is 2.99. The molecule has 4 nitrogen and oxygen atoms in total. The normalized spacial score (nSPS) is 9.50. The number of pyridine rings is 1. The lowest BCUT2D eigenvalue weighted by molar-refractivity contribution is 0.0950. The molecule has 0 aliphatic heterocycles. The van der Waals surface area contributed by atoms with Crippen molar-refractivity contribution >= 4 is 11.7 Å². The zero-order valence-electron chi connectivity index (χ0n) is 14.1. The minimum atomic E-state index is -0.0814. The van der Waals surface area contributed by atoms with E-state index in [0.29, 0.717) is 12.1 Å². The summed E-state index contributed by atoms with van der Waals surface area (Å²) in [6, 6.07) is 13.3. The van der Waals surface area contributed by atoms with Crippen molar-refractivity contribution in [3.8, 4) is 0 Å². The molecule has 1 N–H and O–H groups in total. The van der Waals surface area contributed by atoms with Gasteiger partial charge < -0.3 is 10.2 Å². The number of benzene rings is 1. The maximum absolute atomic E-state index is 12.0. The predicted octanol–water partition coefficient (Wildman–Crippen LogP) is 3.90. The molecule has 0 spiro atoms. The van der Waals surface area contributed by atoms with Crippen LogP contribution in [0.4, 0.5) is 5.82 Å². The van der Waals surface area contributed by atoms with Crippen LogP contribution in [0.1, 0.15) is 38.3 Å². The van der Waals surface area contributed by atoms with E-state index in [9.17, 15) is 4.79 Å². The van der Waals surface area contributed by atoms with Crippen LogP contribution in [0.25, 0.3) is 0 Å². The Hall–Kier alpha value is -2.36. The second kappa shape index (κ2) is 8.82. The number of aromatic nitrogens is 1. The number of aryl methyl sites for hydroxylation is 1. The maximum Gasteiger partial charge on any atom is 0.251 e. The molecule has 1 amide bonds. The topological polar surface area (TPSA) is 45.2 Å². The first kappa shape index (κ1) is 17.7. The molecular weight excluding hydrogens is 274 g/mol. The zero-order chi connectivity index (χ0) is 16.5. The van der Waals surface area contributed by atoms with Gasteiger partial charge >= 0.3 is 0 Å². The molecule has 0 aliphatic carbocycles. The molecule has 0 atom stereocenters. The molecule has 0 saturated carbocycles. The largest absolute Gasteiger partial charge is 0.363 e. The second-order valence-corrected chi connectivity index (χ2v) is 4.93. The van der Waals surface area contributed by atoms with Crippen LogP contribution in [-0.4, -0.2) is 25.0 Å². The second-order valence-electron chi connectivity index (χ2n) is 4.93. The van der Waals surface area contributed by atoms with Gasteiger partial charge in [-0.1, -0.05) is 37.6 Å². The molecule has 2 aromatic rings. The first-order chi connectivity index (χ1) is 10.6. The van der Waals surface area contributed by atoms with Gasteiger partial charge in [0.2, 0.25) is 0 Å². The Kier molecular flexibility index (Phi) is 7.09. The van der Waals surface area contributed by atoms with E-state index in [-0.39, 0.29) is 8.76 Å². The van der Waals surface area contributed by atoms with Crippen LogP contribution in [0, 0.1) is 6.92 Å². The van der Waals surface area contributed by atoms with E-state index in [2.05, 4.69) is 10.3 Å². The van der Waals surface area contributed by atoms with Crippen molar-refractivity contribution in [1.82, 2.24) is 10.3 Å². The molecule has 0 unspecified atom stereocenters. The molecular formula is C18H29N3O. The van der Waals surface area contributed by atoms with Crippen LogP contribution in [-0.2, 0) is 6.54 Å². The smallest absolute Gasteiger partial charge is 0.251 e. The van der Waals surface area contributed by atoms with Crippen LogP contribution in [0.3, 0.4) is 0 Å². The molecule has 122 valence electrons. The Balaban J connectivity index is 0. The highest BCUT2D eigenvalue weighted by molar-refractivity contribution is 5.94. The zero-order valence-corrected chi connectivity index (χ0v) is 14.1. The van der Waals surface area contributed by atoms with Crippen molar-refractivity contribution in [2.45, 2.75) is 27.3 Å². The third kappa shape index (κ3) is 5.20. The summed E-state index contributed by atoms with van der Waals surface area (Å²) in [4.78, 5) is 18.4. The standard InChI is InChI=1S/C16H19N3O.C2H6.2H2/c1-12-7-9-13(10-8-12)16(20)17-11-14-5-4-6-15(18-14)19(2)3;1-2;;/h4-10H,11H2,1-3H3,(H,17,20);1-2H3;2*1H. The van der Waals surface area contributed by atoms with E-state index in [1.165, 1.54) is 0 Å². The molecule has 2 rings (SSSR count). The van der Waals surface area contributed by atoms with Gasteiger partial charge in [-0.2, -0.15) is 0 Å². The SMILES string of the molecule is CC.Cc1ccc(C(=O)NCc2cccc(N(C)C)n2)cc1.[HH].[HH]. The van der Waals surface area contributed by atoms with Gasteiger partial charge in [-0.15, -0.1) is 0 Å². The van der Waals surface area contributed by atoms with E-state index >= 15 is 0 Å². The van der Waals surface area contributed by atoms with Gasteiger partial charge in [0.25, 0.3) is 5.91 Å². The van der Waals surface area contributed by atoms with Gasteiger partial charge in [0.1, 0.15) is 5.82 Å². The Morgan fingerprint density at radius 3 is 2.36 bits per heavy atom. The number of hydrogen-bond acceptors (Lipinski definition) is 3. The number of hydrogen-bond donors (Lipinski definition) is 1. The highest BCUT2D eigenvalue weighted by Crippen LogP contribution is 2.08. The summed E-state index contributed by atoms with van der Waals surface area (Å²) < 4.78 is 0. The molecule has 1 aromatic heterocycles. The lowest BCUT2D eigenvalue weighted by atomic mass is 10.1. The van der Waals surface area contributed by atoms with Crippen LogP contribution >= 0.6 is 0 Å². The summed E-state index contributed by atoms with van der Waals surface area (Å²) in [5, 5.41) is 2.88. The number of carbonyl (C=O) groups excluding carboxylic acids is 1. The van der Waals surface area contributed by atoms with E-state index < -0.39 is 0 Å². The maximum atomic E-state index is 12.0. The minimum Gasteiger partial charge on any atom is -0.363 e. The van der Waals surface area contributed by atoms with Gasteiger partial charge in [-0.25, -0.2) is 4.98 Å². The fourth-order valence-corrected chi connectivity index (χ4v) is 1.79. The molecule has 1 heterocycles. The Bertz CT molecular complexity index is 601. The number of carbonyl (C=O) groups is 1. The Morgan fingerprint density at radius 2 is 1.77 bits per heavy atom. The van der Waals surface area contributed by atoms with Crippen molar-refractivity contribution in [2.75, 3.05) is 19.0 Å². The number of nitrogens with one attached hydrogen (secondary N) is 1. The predicted molar refractivity (Wildman–Crippen MR) is 96.5 cm³/mol. The summed E-state index contributed by atoms with van der Waals surface area (Å²) in [6.45, 7) is 6.42. The molecule has 22 heavy (non-hydrogen) atoms. The first-order valence-electron chi connectivity index (χ1n) is 7.54. The van der Waals surface area contributed by atoms with Crippen molar-refractivity contribution in [3.63, 3.8) is 0 Å². The quantitative estimate of drug-likeness (QED) is 0.931. The number of anilines is 1. The van der Waals surface area contributed by atoms with E-state index in [4.69, 9.17) is 0 Å². The third-order valence-electron chi connectivity index (χ3n) is 2.99. The molecule has 0 fully saturated rings.